The van der Waals surface area contributed by atoms with Crippen molar-refractivity contribution in [3.05, 3.63) is 29.6 Å². The topological polar surface area (TPSA) is 42.0 Å². The molecule has 0 saturated heterocycles. The molecule has 0 aliphatic heterocycles. The Balaban J connectivity index is 1.62. The van der Waals surface area contributed by atoms with Crippen molar-refractivity contribution in [2.24, 2.45) is 17.8 Å². The van der Waals surface area contributed by atoms with Crippen LogP contribution in [0.1, 0.15) is 48.7 Å². The molecule has 1 amide bonds. The maximum absolute atomic E-state index is 12.5. The van der Waals surface area contributed by atoms with Crippen LogP contribution in [0.3, 0.4) is 0 Å². The monoisotopic (exact) mass is 312 g/mol. The second-order valence-corrected chi connectivity index (χ2v) is 6.53. The molecule has 4 atom stereocenters. The third kappa shape index (κ3) is 2.96. The lowest BCUT2D eigenvalue weighted by Crippen LogP contribution is -2.40. The Morgan fingerprint density at radius 2 is 2.09 bits per heavy atom. The number of rotatable bonds is 3. The average molecular weight is 312 g/mol. The molecule has 22 heavy (non-hydrogen) atoms. The highest BCUT2D eigenvalue weighted by Crippen LogP contribution is 2.49. The first-order chi connectivity index (χ1) is 10.3. The molecule has 1 heterocycles. The van der Waals surface area contributed by atoms with Crippen LogP contribution in [0, 0.1) is 17.8 Å². The predicted octanol–water partition coefficient (Wildman–Crippen LogP) is 3.65. The molecule has 120 valence electrons. The molecule has 3 nitrogen and oxygen atoms in total. The van der Waals surface area contributed by atoms with E-state index in [-0.39, 0.29) is 17.5 Å². The van der Waals surface area contributed by atoms with E-state index in [1.54, 1.807) is 0 Å². The Bertz CT molecular complexity index is 556. The third-order valence-corrected chi connectivity index (χ3v) is 5.11. The van der Waals surface area contributed by atoms with Crippen molar-refractivity contribution in [1.29, 1.82) is 0 Å². The van der Waals surface area contributed by atoms with E-state index in [9.17, 15) is 18.0 Å². The molecule has 4 unspecified atom stereocenters. The Morgan fingerprint density at radius 3 is 2.59 bits per heavy atom. The zero-order valence-corrected chi connectivity index (χ0v) is 12.4. The Labute approximate surface area is 127 Å². The van der Waals surface area contributed by atoms with Gasteiger partial charge in [0.15, 0.2) is 0 Å². The van der Waals surface area contributed by atoms with Gasteiger partial charge in [-0.2, -0.15) is 13.2 Å². The molecule has 1 aromatic rings. The summed E-state index contributed by atoms with van der Waals surface area (Å²) in [6.45, 7) is 1.99. The van der Waals surface area contributed by atoms with E-state index < -0.39 is 11.9 Å². The zero-order chi connectivity index (χ0) is 15.9. The maximum Gasteiger partial charge on any atom is 0.433 e. The number of hydrogen-bond acceptors (Lipinski definition) is 2. The largest absolute Gasteiger partial charge is 0.433 e. The second-order valence-electron chi connectivity index (χ2n) is 6.53. The lowest BCUT2D eigenvalue weighted by atomic mass is 9.84. The number of alkyl halides is 3. The Morgan fingerprint density at radius 1 is 1.32 bits per heavy atom. The number of pyridine rings is 1. The van der Waals surface area contributed by atoms with Gasteiger partial charge in [-0.05, 0) is 56.1 Å². The molecular weight excluding hydrogens is 293 g/mol. The van der Waals surface area contributed by atoms with Gasteiger partial charge in [-0.15, -0.1) is 0 Å². The van der Waals surface area contributed by atoms with Crippen molar-refractivity contribution in [1.82, 2.24) is 10.3 Å². The summed E-state index contributed by atoms with van der Waals surface area (Å²) in [5.74, 6) is 1.62. The minimum atomic E-state index is -4.48. The molecule has 6 heteroatoms. The molecule has 0 spiro atoms. The van der Waals surface area contributed by atoms with Crippen LogP contribution in [-0.4, -0.2) is 16.9 Å². The van der Waals surface area contributed by atoms with E-state index in [2.05, 4.69) is 10.3 Å². The molecule has 2 bridgehead atoms. The van der Waals surface area contributed by atoms with E-state index >= 15 is 0 Å². The maximum atomic E-state index is 12.5. The minimum absolute atomic E-state index is 0.0464. The van der Waals surface area contributed by atoms with Crippen LogP contribution >= 0.6 is 0 Å². The van der Waals surface area contributed by atoms with Gasteiger partial charge in [0, 0.05) is 12.2 Å². The molecule has 0 radical (unpaired) electrons. The van der Waals surface area contributed by atoms with Gasteiger partial charge in [0.25, 0.3) is 5.91 Å². The van der Waals surface area contributed by atoms with Gasteiger partial charge in [0.05, 0.1) is 5.56 Å². The summed E-state index contributed by atoms with van der Waals surface area (Å²) in [6, 6.07) is 2.07. The number of hydrogen-bond donors (Lipinski definition) is 1. The molecule has 0 aromatic carbocycles. The van der Waals surface area contributed by atoms with Crippen LogP contribution in [0.4, 0.5) is 13.2 Å². The van der Waals surface area contributed by atoms with Gasteiger partial charge in [0.2, 0.25) is 0 Å². The highest BCUT2D eigenvalue weighted by Gasteiger charge is 2.42. The fourth-order valence-electron chi connectivity index (χ4n) is 4.00. The first-order valence-electron chi connectivity index (χ1n) is 7.68. The number of fused-ring (bicyclic) bond motifs is 2. The van der Waals surface area contributed by atoms with Crippen LogP contribution in [0.5, 0.6) is 0 Å². The fraction of sp³-hybridized carbons (Fsp3) is 0.625. The number of nitrogens with zero attached hydrogens (tertiary/aromatic N) is 1. The summed E-state index contributed by atoms with van der Waals surface area (Å²) in [4.78, 5) is 15.5. The molecule has 2 aliphatic carbocycles. The minimum Gasteiger partial charge on any atom is -0.349 e. The molecule has 2 fully saturated rings. The summed E-state index contributed by atoms with van der Waals surface area (Å²) in [6.07, 6.45) is 1.45. The van der Waals surface area contributed by atoms with Crippen molar-refractivity contribution in [2.45, 2.75) is 44.8 Å². The summed E-state index contributed by atoms with van der Waals surface area (Å²) in [5.41, 5.74) is -0.812. The summed E-state index contributed by atoms with van der Waals surface area (Å²) in [5, 5.41) is 2.92. The van der Waals surface area contributed by atoms with Crippen LogP contribution in [0.15, 0.2) is 18.3 Å². The molecule has 1 aromatic heterocycles. The van der Waals surface area contributed by atoms with Crippen molar-refractivity contribution in [2.75, 3.05) is 0 Å². The normalized spacial score (nSPS) is 28.6. The van der Waals surface area contributed by atoms with Crippen molar-refractivity contribution < 1.29 is 18.0 Å². The predicted molar refractivity (Wildman–Crippen MR) is 75.1 cm³/mol. The van der Waals surface area contributed by atoms with Gasteiger partial charge in [0.1, 0.15) is 5.69 Å². The van der Waals surface area contributed by atoms with Gasteiger partial charge >= 0.3 is 6.18 Å². The first-order valence-corrected chi connectivity index (χ1v) is 7.68. The first kappa shape index (κ1) is 15.3. The van der Waals surface area contributed by atoms with Crippen molar-refractivity contribution in [3.8, 4) is 0 Å². The number of carbonyl (C=O) groups is 1. The number of halogens is 3. The highest BCUT2D eigenvalue weighted by molar-refractivity contribution is 5.94. The summed E-state index contributed by atoms with van der Waals surface area (Å²) >= 11 is 0. The van der Waals surface area contributed by atoms with Crippen molar-refractivity contribution in [3.63, 3.8) is 0 Å². The van der Waals surface area contributed by atoms with Gasteiger partial charge < -0.3 is 5.32 Å². The van der Waals surface area contributed by atoms with Crippen LogP contribution in [0.2, 0.25) is 0 Å². The number of aromatic nitrogens is 1. The quantitative estimate of drug-likeness (QED) is 0.925. The number of carbonyl (C=O) groups excluding carboxylic acids is 1. The molecule has 2 saturated carbocycles. The second kappa shape index (κ2) is 5.56. The summed E-state index contributed by atoms with van der Waals surface area (Å²) in [7, 11) is 0. The smallest absolute Gasteiger partial charge is 0.349 e. The molecule has 2 aliphatic rings. The number of nitrogens with one attached hydrogen (secondary N) is 1. The van der Waals surface area contributed by atoms with E-state index in [0.717, 1.165) is 24.6 Å². The molecule has 3 rings (SSSR count). The van der Waals surface area contributed by atoms with Crippen LogP contribution in [-0.2, 0) is 6.18 Å². The fourth-order valence-corrected chi connectivity index (χ4v) is 4.00. The van der Waals surface area contributed by atoms with Crippen LogP contribution < -0.4 is 5.32 Å². The SMILES string of the molecule is CC(NC(=O)c1ccc(C(F)(F)F)nc1)C1CC2CCC1C2. The number of amides is 1. The lowest BCUT2D eigenvalue weighted by Gasteiger charge is -2.28. The van der Waals surface area contributed by atoms with Crippen molar-refractivity contribution >= 4 is 5.91 Å². The van der Waals surface area contributed by atoms with Gasteiger partial charge in [-0.1, -0.05) is 6.42 Å². The zero-order valence-electron chi connectivity index (χ0n) is 12.4. The Hall–Kier alpha value is -1.59. The van der Waals surface area contributed by atoms with Gasteiger partial charge in [-0.25, -0.2) is 0 Å². The Kier molecular flexibility index (Phi) is 3.87. The van der Waals surface area contributed by atoms with Gasteiger partial charge in [-0.3, -0.25) is 9.78 Å². The summed E-state index contributed by atoms with van der Waals surface area (Å²) < 4.78 is 37.4. The third-order valence-electron chi connectivity index (χ3n) is 5.11. The highest BCUT2D eigenvalue weighted by atomic mass is 19.4. The van der Waals surface area contributed by atoms with Crippen LogP contribution in [0.25, 0.3) is 0 Å². The van der Waals surface area contributed by atoms with E-state index in [1.165, 1.54) is 25.3 Å². The lowest BCUT2D eigenvalue weighted by molar-refractivity contribution is -0.141. The van der Waals surface area contributed by atoms with E-state index in [0.29, 0.717) is 11.8 Å². The van der Waals surface area contributed by atoms with E-state index in [1.807, 2.05) is 6.92 Å². The standard InChI is InChI=1S/C16H19F3N2O/c1-9(13-7-10-2-3-11(13)6-10)21-15(22)12-4-5-14(20-8-12)16(17,18)19/h4-5,8-11,13H,2-3,6-7H2,1H3,(H,21,22). The molecule has 1 N–H and O–H groups in total. The molecular formula is C16H19F3N2O. The van der Waals surface area contributed by atoms with E-state index in [4.69, 9.17) is 0 Å². The average Bonchev–Trinajstić information content (AvgIpc) is 3.09.